The van der Waals surface area contributed by atoms with E-state index in [-0.39, 0.29) is 11.9 Å². The van der Waals surface area contributed by atoms with Crippen LogP contribution in [0.4, 0.5) is 0 Å². The van der Waals surface area contributed by atoms with Gasteiger partial charge in [0.15, 0.2) is 6.04 Å². The summed E-state index contributed by atoms with van der Waals surface area (Å²) in [6.07, 6.45) is 2.35. The summed E-state index contributed by atoms with van der Waals surface area (Å²) >= 11 is 1.81. The molecule has 0 spiro atoms. The van der Waals surface area contributed by atoms with Gasteiger partial charge in [-0.3, -0.25) is 4.79 Å². The highest BCUT2D eigenvalue weighted by atomic mass is 32.1. The van der Waals surface area contributed by atoms with Gasteiger partial charge in [0.05, 0.1) is 29.2 Å². The maximum atomic E-state index is 12.2. The average Bonchev–Trinajstić information content (AvgIpc) is 2.97. The zero-order valence-corrected chi connectivity index (χ0v) is 14.3. The molecule has 2 heterocycles. The predicted octanol–water partition coefficient (Wildman–Crippen LogP) is 1.54. The fourth-order valence-corrected chi connectivity index (χ4v) is 4.43. The molecule has 4 nitrogen and oxygen atoms in total. The maximum Gasteiger partial charge on any atom is 0.280 e. The Bertz CT molecular complexity index is 634. The summed E-state index contributed by atoms with van der Waals surface area (Å²) in [4.78, 5) is 20.1. The fraction of sp³-hybridized carbons (Fsp3) is 0.529. The van der Waals surface area contributed by atoms with E-state index in [4.69, 9.17) is 4.98 Å². The highest BCUT2D eigenvalue weighted by Gasteiger charge is 2.33. The minimum atomic E-state index is 0.0344. The van der Waals surface area contributed by atoms with Crippen LogP contribution >= 0.6 is 11.3 Å². The van der Waals surface area contributed by atoms with Gasteiger partial charge in [0.25, 0.3) is 5.91 Å². The second-order valence-corrected chi connectivity index (χ2v) is 7.49. The number of piperidine rings is 1. The number of fused-ring (bicyclic) bond motifs is 1. The molecule has 1 N–H and O–H groups in total. The largest absolute Gasteiger partial charge is 0.344 e. The number of para-hydroxylation sites is 1. The number of nitrogens with one attached hydrogen (secondary N) is 1. The normalized spacial score (nSPS) is 23.4. The van der Waals surface area contributed by atoms with Crippen LogP contribution in [-0.2, 0) is 4.79 Å². The molecule has 1 saturated heterocycles. The predicted molar refractivity (Wildman–Crippen MR) is 90.4 cm³/mol. The van der Waals surface area contributed by atoms with Gasteiger partial charge in [-0.2, -0.15) is 0 Å². The smallest absolute Gasteiger partial charge is 0.280 e. The molecule has 2 aromatic rings. The van der Waals surface area contributed by atoms with E-state index in [0.29, 0.717) is 5.92 Å². The van der Waals surface area contributed by atoms with Gasteiger partial charge in [-0.05, 0) is 31.9 Å². The number of aromatic nitrogens is 1. The van der Waals surface area contributed by atoms with Crippen molar-refractivity contribution in [2.45, 2.75) is 31.7 Å². The molecule has 0 radical (unpaired) electrons. The van der Waals surface area contributed by atoms with E-state index in [0.717, 1.165) is 18.6 Å². The number of likely N-dealkylation sites (tertiary alicyclic amines) is 1. The number of carbonyl (C=O) groups excluding carboxylic acids is 1. The third kappa shape index (κ3) is 3.01. The summed E-state index contributed by atoms with van der Waals surface area (Å²) in [6, 6.07) is 8.37. The third-order valence-electron chi connectivity index (χ3n) is 4.64. The Morgan fingerprint density at radius 3 is 2.91 bits per heavy atom. The van der Waals surface area contributed by atoms with Crippen LogP contribution in [0, 0.1) is 0 Å². The van der Waals surface area contributed by atoms with E-state index < -0.39 is 0 Å². The number of hydrogen-bond donors (Lipinski definition) is 1. The summed E-state index contributed by atoms with van der Waals surface area (Å²) < 4.78 is 1.27. The average molecular weight is 318 g/mol. The first-order chi connectivity index (χ1) is 10.6. The van der Waals surface area contributed by atoms with Gasteiger partial charge < -0.3 is 9.80 Å². The molecule has 1 aromatic carbocycles. The number of amides is 1. The molecule has 3 atom stereocenters. The Kier molecular flexibility index (Phi) is 4.45. The van der Waals surface area contributed by atoms with Crippen molar-refractivity contribution in [2.75, 3.05) is 27.2 Å². The van der Waals surface area contributed by atoms with Crippen molar-refractivity contribution < 1.29 is 9.69 Å². The summed E-state index contributed by atoms with van der Waals surface area (Å²) in [5, 5.41) is 1.24. The number of likely N-dealkylation sites (N-methyl/N-ethyl adjacent to an activating group) is 1. The SMILES string of the molecule is C[C@@H](C(=O)N(C)C)[NH+]1CCC[C@H](c2nc3ccccc3s2)C1. The molecule has 1 fully saturated rings. The van der Waals surface area contributed by atoms with Crippen LogP contribution in [0.2, 0.25) is 0 Å². The first-order valence-electron chi connectivity index (χ1n) is 7.97. The summed E-state index contributed by atoms with van der Waals surface area (Å²) in [5.74, 6) is 0.707. The highest BCUT2D eigenvalue weighted by molar-refractivity contribution is 7.18. The Morgan fingerprint density at radius 2 is 2.18 bits per heavy atom. The lowest BCUT2D eigenvalue weighted by Gasteiger charge is -2.33. The monoisotopic (exact) mass is 318 g/mol. The molecule has 1 amide bonds. The van der Waals surface area contributed by atoms with Crippen molar-refractivity contribution in [3.8, 4) is 0 Å². The van der Waals surface area contributed by atoms with E-state index in [1.165, 1.54) is 27.4 Å². The first kappa shape index (κ1) is 15.4. The second kappa shape index (κ2) is 6.34. The zero-order chi connectivity index (χ0) is 15.7. The molecule has 3 rings (SSSR count). The van der Waals surface area contributed by atoms with Crippen LogP contribution in [0.25, 0.3) is 10.2 Å². The van der Waals surface area contributed by atoms with E-state index >= 15 is 0 Å². The molecule has 5 heteroatoms. The minimum Gasteiger partial charge on any atom is -0.344 e. The molecule has 0 bridgehead atoms. The Balaban J connectivity index is 1.76. The van der Waals surface area contributed by atoms with Crippen molar-refractivity contribution >= 4 is 27.5 Å². The Morgan fingerprint density at radius 1 is 1.41 bits per heavy atom. The van der Waals surface area contributed by atoms with Gasteiger partial charge >= 0.3 is 0 Å². The number of nitrogens with zero attached hydrogens (tertiary/aromatic N) is 2. The number of benzene rings is 1. The van der Waals surface area contributed by atoms with Gasteiger partial charge in [-0.1, -0.05) is 12.1 Å². The first-order valence-corrected chi connectivity index (χ1v) is 8.79. The third-order valence-corrected chi connectivity index (χ3v) is 5.84. The number of carbonyl (C=O) groups is 1. The van der Waals surface area contributed by atoms with E-state index in [9.17, 15) is 4.79 Å². The van der Waals surface area contributed by atoms with Gasteiger partial charge in [0, 0.05) is 14.1 Å². The van der Waals surface area contributed by atoms with Crippen LogP contribution in [0.1, 0.15) is 30.7 Å². The number of hydrogen-bond acceptors (Lipinski definition) is 3. The van der Waals surface area contributed by atoms with Crippen molar-refractivity contribution in [1.29, 1.82) is 0 Å². The summed E-state index contributed by atoms with van der Waals surface area (Å²) in [7, 11) is 3.68. The molecule has 1 aliphatic heterocycles. The molecule has 22 heavy (non-hydrogen) atoms. The van der Waals surface area contributed by atoms with Gasteiger partial charge in [-0.15, -0.1) is 11.3 Å². The standard InChI is InChI=1S/C17H23N3OS/c1-12(17(21)19(2)3)20-10-6-7-13(11-20)16-18-14-8-4-5-9-15(14)22-16/h4-5,8-9,12-13H,6-7,10-11H2,1-3H3/p+1/t12-,13-/m0/s1. The lowest BCUT2D eigenvalue weighted by molar-refractivity contribution is -0.920. The van der Waals surface area contributed by atoms with E-state index in [1.54, 1.807) is 4.90 Å². The molecule has 1 aromatic heterocycles. The van der Waals surface area contributed by atoms with E-state index in [1.807, 2.05) is 31.5 Å². The topological polar surface area (TPSA) is 37.6 Å². The van der Waals surface area contributed by atoms with Crippen LogP contribution in [0.3, 0.4) is 0 Å². The molecular formula is C17H24N3OS+. The fourth-order valence-electron chi connectivity index (χ4n) is 3.33. The molecule has 1 aliphatic rings. The van der Waals surface area contributed by atoms with Crippen LogP contribution in [0.5, 0.6) is 0 Å². The van der Waals surface area contributed by atoms with Gasteiger partial charge in [0.1, 0.15) is 5.01 Å². The second-order valence-electron chi connectivity index (χ2n) is 6.43. The number of thiazole rings is 1. The van der Waals surface area contributed by atoms with E-state index in [2.05, 4.69) is 25.1 Å². The highest BCUT2D eigenvalue weighted by Crippen LogP contribution is 2.30. The quantitative estimate of drug-likeness (QED) is 0.932. The van der Waals surface area contributed by atoms with Crippen LogP contribution in [-0.4, -0.2) is 49.0 Å². The van der Waals surface area contributed by atoms with Crippen molar-refractivity contribution in [2.24, 2.45) is 0 Å². The lowest BCUT2D eigenvalue weighted by atomic mass is 9.97. The number of rotatable bonds is 3. The maximum absolute atomic E-state index is 12.2. The van der Waals surface area contributed by atoms with Crippen molar-refractivity contribution in [3.63, 3.8) is 0 Å². The molecule has 1 unspecified atom stereocenters. The van der Waals surface area contributed by atoms with Gasteiger partial charge in [0.2, 0.25) is 0 Å². The molecule has 0 saturated carbocycles. The molecule has 0 aliphatic carbocycles. The van der Waals surface area contributed by atoms with Gasteiger partial charge in [-0.25, -0.2) is 4.98 Å². The lowest BCUT2D eigenvalue weighted by Crippen LogP contribution is -3.17. The number of quaternary nitrogens is 1. The summed E-state index contributed by atoms with van der Waals surface area (Å²) in [6.45, 7) is 4.15. The van der Waals surface area contributed by atoms with Crippen molar-refractivity contribution in [1.82, 2.24) is 9.88 Å². The Labute approximate surface area is 135 Å². The summed E-state index contributed by atoms with van der Waals surface area (Å²) in [5.41, 5.74) is 1.10. The minimum absolute atomic E-state index is 0.0344. The van der Waals surface area contributed by atoms with Crippen LogP contribution < -0.4 is 4.90 Å². The molecule has 118 valence electrons. The zero-order valence-electron chi connectivity index (χ0n) is 13.5. The van der Waals surface area contributed by atoms with Crippen LogP contribution in [0.15, 0.2) is 24.3 Å². The Hall–Kier alpha value is -1.46. The van der Waals surface area contributed by atoms with Crippen molar-refractivity contribution in [3.05, 3.63) is 29.3 Å². The molecular weight excluding hydrogens is 294 g/mol.